The number of aromatic nitrogens is 4. The van der Waals surface area contributed by atoms with E-state index in [2.05, 4.69) is 101 Å². The van der Waals surface area contributed by atoms with Crippen LogP contribution in [0.3, 0.4) is 0 Å². The molecule has 1 atom stereocenters. The van der Waals surface area contributed by atoms with E-state index in [4.69, 9.17) is 4.74 Å². The monoisotopic (exact) mass is 1510 g/mol. The van der Waals surface area contributed by atoms with E-state index in [1.54, 1.807) is 41.4 Å². The van der Waals surface area contributed by atoms with E-state index in [1.165, 1.54) is 41.2 Å². The normalized spacial score (nSPS) is 16.5. The number of nitrogens with one attached hydrogen (secondary N) is 7. The maximum absolute atomic E-state index is 12.8. The van der Waals surface area contributed by atoms with Gasteiger partial charge in [-0.3, -0.25) is 48.2 Å². The van der Waals surface area contributed by atoms with Crippen LogP contribution in [0.4, 0.5) is 46.0 Å². The Balaban J connectivity index is 0.000000117. The molecule has 24 nitrogen and oxygen atoms in total. The van der Waals surface area contributed by atoms with E-state index >= 15 is 0 Å². The Labute approximate surface area is 655 Å². The van der Waals surface area contributed by atoms with Crippen molar-refractivity contribution in [3.63, 3.8) is 0 Å². The summed E-state index contributed by atoms with van der Waals surface area (Å²) in [4.78, 5) is 130. The van der Waals surface area contributed by atoms with Crippen LogP contribution in [-0.4, -0.2) is 117 Å². The third-order valence-corrected chi connectivity index (χ3v) is 21.7. The number of esters is 1. The van der Waals surface area contributed by atoms with Crippen molar-refractivity contribution < 1.29 is 47.9 Å². The van der Waals surface area contributed by atoms with Crippen LogP contribution in [0.2, 0.25) is 0 Å². The third kappa shape index (κ3) is 18.6. The van der Waals surface area contributed by atoms with Gasteiger partial charge >= 0.3 is 5.97 Å². The standard InChI is InChI=1S/C19H19N3O2.C19H19NO2.C18H23N3O2.C17H15N3O2.C16H14N4O2/c23-17-9-8-13-10-14(11-20-18(13)22-17)21-19(24)16-7-3-5-12-4-1-2-6-15(12)16;1-13-3-7-17-12-15(6-10-18(17)20-13)11-14-4-8-16(9-5-14)19(21)22-2;1-12-3-4-14-11-15(5-6-17(14)19-12)18(23)20-16-7-9-21(10-8-16)13(2)22;21-15-6-4-12-10-13(3-5-14(12)19-15)17(22)20-9-7-11-2-1-8-18-16(11)20;21-13-4-3-11-8-12(9-18-14(11)19-13)16(22)20-7-5-10-2-1-6-17-15(10)20/h1-2,4,6,10-11,16H,3,5,7-9H2,(H,21,24)(H,20,22,23);4-6,8-10,12,20H,1,3,7,11H2,2H3;5-6,11,16,19H,1,3-4,7-10H2,2H3,(H,20,23);1-3,5,8,10H,4,6-7,9H2,(H,19,21);1-2,6,8-9H,3-5,7H2,(H,18,19,21). The number of ether oxygens (including phenoxy) is 1. The summed E-state index contributed by atoms with van der Waals surface area (Å²) in [6.07, 6.45) is 20.8. The molecule has 8 aliphatic heterocycles. The van der Waals surface area contributed by atoms with E-state index in [-0.39, 0.29) is 65.2 Å². The van der Waals surface area contributed by atoms with Gasteiger partial charge in [-0.05, 0) is 236 Å². The second-order valence-corrected chi connectivity index (χ2v) is 29.4. The molecule has 0 spiro atoms. The number of likely N-dealkylation sites (tertiary alicyclic amines) is 1. The molecule has 8 amide bonds. The Morgan fingerprint density at radius 1 is 0.469 bits per heavy atom. The van der Waals surface area contributed by atoms with Crippen LogP contribution in [0.5, 0.6) is 0 Å². The number of carbonyl (C=O) groups is 9. The number of amides is 8. The van der Waals surface area contributed by atoms with E-state index in [9.17, 15) is 43.2 Å². The van der Waals surface area contributed by atoms with Crippen molar-refractivity contribution in [3.8, 4) is 0 Å². The summed E-state index contributed by atoms with van der Waals surface area (Å²) in [5, 5.41) is 21.0. The Kier molecular flexibility index (Phi) is 23.7. The highest BCUT2D eigenvalue weighted by molar-refractivity contribution is 6.08. The topological polar surface area (TPSA) is 308 Å². The molecule has 9 aromatic rings. The molecule has 5 aromatic carbocycles. The molecule has 113 heavy (non-hydrogen) atoms. The Bertz CT molecular complexity index is 5110. The van der Waals surface area contributed by atoms with Gasteiger partial charge in [0.25, 0.3) is 17.7 Å². The second-order valence-electron chi connectivity index (χ2n) is 29.4. The minimum atomic E-state index is -0.299. The number of hydrogen-bond donors (Lipinski definition) is 7. The van der Waals surface area contributed by atoms with E-state index in [0.29, 0.717) is 91.2 Å². The fourth-order valence-corrected chi connectivity index (χ4v) is 15.5. The van der Waals surface area contributed by atoms with Crippen LogP contribution in [0.15, 0.2) is 189 Å². The number of pyridine rings is 4. The van der Waals surface area contributed by atoms with Crippen molar-refractivity contribution >= 4 is 99.2 Å². The zero-order valence-electron chi connectivity index (χ0n) is 63.4. The number of methoxy groups -OCH3 is 1. The van der Waals surface area contributed by atoms with Gasteiger partial charge in [0.1, 0.15) is 23.3 Å². The molecule has 1 unspecified atom stereocenters. The molecule has 0 saturated carbocycles. The summed E-state index contributed by atoms with van der Waals surface area (Å²) in [7, 11) is 1.39. The summed E-state index contributed by atoms with van der Waals surface area (Å²) in [5.41, 5.74) is 20.8. The number of benzene rings is 5. The SMILES string of the molecule is C=C1CCc2cc(C(=O)NC3CCN(C(C)=O)CC3)ccc2N1.C=C1CCc2cc(Cc3ccc(C(=O)OC)cc3)ccc2N1.O=C1CCc2cc(C(=O)N3CCc4cccnc43)ccc2N1.O=C1CCc2cc(C(=O)N3CCc4cccnc43)cnc2N1.O=C1CCc2cc(NC(=O)C3CCCc4ccccc43)cnc2N1. The largest absolute Gasteiger partial charge is 0.465 e. The first-order valence-electron chi connectivity index (χ1n) is 38.6. The maximum atomic E-state index is 12.8. The van der Waals surface area contributed by atoms with Gasteiger partial charge in [-0.2, -0.15) is 0 Å². The van der Waals surface area contributed by atoms with Crippen molar-refractivity contribution in [2.24, 2.45) is 0 Å². The van der Waals surface area contributed by atoms with Gasteiger partial charge < -0.3 is 46.9 Å². The average Bonchev–Trinajstić information content (AvgIpc) is 1.70. The van der Waals surface area contributed by atoms with Crippen LogP contribution >= 0.6 is 0 Å². The van der Waals surface area contributed by atoms with Gasteiger partial charge in [0.2, 0.25) is 29.5 Å². The lowest BCUT2D eigenvalue weighted by molar-refractivity contribution is -0.130. The molecule has 1 aliphatic carbocycles. The van der Waals surface area contributed by atoms with Gasteiger partial charge in [-0.15, -0.1) is 0 Å². The Morgan fingerprint density at radius 2 is 0.982 bits per heavy atom. The highest BCUT2D eigenvalue weighted by Gasteiger charge is 2.32. The summed E-state index contributed by atoms with van der Waals surface area (Å²) >= 11 is 0. The molecule has 576 valence electrons. The molecule has 12 heterocycles. The molecule has 0 bridgehead atoms. The zero-order valence-corrected chi connectivity index (χ0v) is 63.4. The van der Waals surface area contributed by atoms with E-state index in [1.807, 2.05) is 108 Å². The van der Waals surface area contributed by atoms with Crippen molar-refractivity contribution in [1.82, 2.24) is 30.2 Å². The summed E-state index contributed by atoms with van der Waals surface area (Å²) in [6, 6.07) is 45.2. The van der Waals surface area contributed by atoms with E-state index in [0.717, 1.165) is 163 Å². The molecule has 4 aromatic heterocycles. The molecule has 1 saturated heterocycles. The predicted octanol–water partition coefficient (Wildman–Crippen LogP) is 13.0. The zero-order chi connectivity index (χ0) is 78.7. The molecule has 0 radical (unpaired) electrons. The molecule has 18 rings (SSSR count). The third-order valence-electron chi connectivity index (χ3n) is 21.7. The Hall–Kier alpha value is -13.0. The lowest BCUT2D eigenvalue weighted by Crippen LogP contribution is -2.46. The van der Waals surface area contributed by atoms with Gasteiger partial charge in [-0.1, -0.05) is 73.8 Å². The lowest BCUT2D eigenvalue weighted by atomic mass is 9.82. The quantitative estimate of drug-likeness (QED) is 0.0661. The number of piperidine rings is 1. The number of hydrogen-bond acceptors (Lipinski definition) is 16. The van der Waals surface area contributed by atoms with Gasteiger partial charge in [-0.25, -0.2) is 24.7 Å². The number of carbonyl (C=O) groups excluding carboxylic acids is 9. The first kappa shape index (κ1) is 76.8. The molecule has 1 fully saturated rings. The molecule has 9 aliphatic rings. The summed E-state index contributed by atoms with van der Waals surface area (Å²) in [5.74, 6) is 2.23. The van der Waals surface area contributed by atoms with Crippen molar-refractivity contribution in [2.45, 2.75) is 134 Å². The first-order chi connectivity index (χ1) is 54.8. The second kappa shape index (κ2) is 34.9. The van der Waals surface area contributed by atoms with E-state index < -0.39 is 0 Å². The van der Waals surface area contributed by atoms with Crippen LogP contribution in [0.1, 0.15) is 173 Å². The minimum Gasteiger partial charge on any atom is -0.465 e. The van der Waals surface area contributed by atoms with Crippen LogP contribution in [0, 0.1) is 0 Å². The van der Waals surface area contributed by atoms with Crippen molar-refractivity contribution in [3.05, 3.63) is 272 Å². The predicted molar refractivity (Wildman–Crippen MR) is 434 cm³/mol. The van der Waals surface area contributed by atoms with Crippen molar-refractivity contribution in [1.29, 1.82) is 0 Å². The first-order valence-corrected chi connectivity index (χ1v) is 38.6. The fraction of sp³-hybridized carbons (Fsp3) is 0.292. The van der Waals surface area contributed by atoms with Gasteiger partial charge in [0.05, 0.1) is 36.0 Å². The summed E-state index contributed by atoms with van der Waals surface area (Å²) in [6.45, 7) is 12.3. The molecular weight excluding hydrogens is 1430 g/mol. The number of rotatable bonds is 9. The number of allylic oxidation sites excluding steroid dienone is 2. The minimum absolute atomic E-state index is 0.00871. The summed E-state index contributed by atoms with van der Waals surface area (Å²) < 4.78 is 4.71. The van der Waals surface area contributed by atoms with Crippen LogP contribution in [-0.2, 0) is 86.5 Å². The number of fused-ring (bicyclic) bond motifs is 8. The number of aryl methyl sites for hydroxylation is 6. The maximum Gasteiger partial charge on any atom is 0.337 e. The Morgan fingerprint density at radius 3 is 1.62 bits per heavy atom. The number of anilines is 8. The number of nitrogens with zero attached hydrogens (tertiary/aromatic N) is 7. The van der Waals surface area contributed by atoms with Gasteiger partial charge in [0.15, 0.2) is 0 Å². The molecule has 7 N–H and O–H groups in total. The average molecular weight is 1520 g/mol. The van der Waals surface area contributed by atoms with Crippen LogP contribution < -0.4 is 47.0 Å². The molecular formula is C89H90N14O10. The molecule has 24 heteroatoms. The fourth-order valence-electron chi connectivity index (χ4n) is 15.5. The van der Waals surface area contributed by atoms with Gasteiger partial charge in [0, 0.05) is 117 Å². The smallest absolute Gasteiger partial charge is 0.337 e. The van der Waals surface area contributed by atoms with Crippen molar-refractivity contribution in [2.75, 3.05) is 75.0 Å². The highest BCUT2D eigenvalue weighted by Crippen LogP contribution is 2.36. The lowest BCUT2D eigenvalue weighted by Gasteiger charge is -2.31. The highest BCUT2D eigenvalue weighted by atomic mass is 16.5. The van der Waals surface area contributed by atoms with Crippen LogP contribution in [0.25, 0.3) is 0 Å².